The molecule has 0 saturated heterocycles. The molecular weight excluding hydrogens is 232 g/mol. The number of esters is 1. The van der Waals surface area contributed by atoms with Crippen LogP contribution in [-0.2, 0) is 4.74 Å². The summed E-state index contributed by atoms with van der Waals surface area (Å²) >= 11 is 0. The Morgan fingerprint density at radius 3 is 2.65 bits per heavy atom. The number of nitrogens with zero attached hydrogens (tertiary/aromatic N) is 1. The number of carbonyl (C=O) groups excluding carboxylic acids is 1. The van der Waals surface area contributed by atoms with Gasteiger partial charge in [0.15, 0.2) is 0 Å². The Labute approximate surface area is 95.3 Å². The lowest BCUT2D eigenvalue weighted by atomic mass is 10.1. The van der Waals surface area contributed by atoms with Crippen LogP contribution in [0.1, 0.15) is 10.4 Å². The third kappa shape index (κ3) is 1.52. The molecule has 1 aromatic carbocycles. The minimum absolute atomic E-state index is 0.108. The number of hydrogen-bond donors (Lipinski definition) is 0. The summed E-state index contributed by atoms with van der Waals surface area (Å²) in [5.74, 6) is -2.09. The van der Waals surface area contributed by atoms with Crippen LogP contribution in [0.4, 0.5) is 8.87 Å². The van der Waals surface area contributed by atoms with E-state index in [4.69, 9.17) is 4.74 Å². The highest BCUT2D eigenvalue weighted by molar-refractivity contribution is 6.06. The molecule has 4 nitrogen and oxygen atoms in total. The molecule has 0 aliphatic carbocycles. The average Bonchev–Trinajstić information content (AvgIpc) is 2.61. The number of aromatic nitrogens is 1. The van der Waals surface area contributed by atoms with E-state index in [0.717, 1.165) is 7.11 Å². The highest BCUT2D eigenvalue weighted by atomic mass is 19.2. The smallest absolute Gasteiger partial charge is 0.343 e. The Morgan fingerprint density at radius 1 is 1.35 bits per heavy atom. The van der Waals surface area contributed by atoms with E-state index >= 15 is 0 Å². The van der Waals surface area contributed by atoms with Gasteiger partial charge in [0.05, 0.1) is 14.2 Å². The van der Waals surface area contributed by atoms with Crippen molar-refractivity contribution in [3.8, 4) is 5.75 Å². The zero-order valence-corrected chi connectivity index (χ0v) is 9.16. The van der Waals surface area contributed by atoms with Crippen molar-refractivity contribution >= 4 is 16.9 Å². The summed E-state index contributed by atoms with van der Waals surface area (Å²) < 4.78 is 36.5. The van der Waals surface area contributed by atoms with Crippen molar-refractivity contribution < 1.29 is 23.1 Å². The number of hydrogen-bond acceptors (Lipinski definition) is 3. The summed E-state index contributed by atoms with van der Waals surface area (Å²) in [6.07, 6.45) is 0. The molecule has 2 rings (SSSR count). The summed E-state index contributed by atoms with van der Waals surface area (Å²) in [6, 6.07) is 4.43. The number of carbonyl (C=O) groups is 1. The monoisotopic (exact) mass is 241 g/mol. The predicted molar refractivity (Wildman–Crippen MR) is 56.3 cm³/mol. The standard InChI is InChI=1S/C11H9F2NO3/c1-16-7-5-3-4-6-8(11(15)17-2)10(12)14(13)9(6)7/h3-5H,1-2H3. The summed E-state index contributed by atoms with van der Waals surface area (Å²) in [5, 5.41) is 0.108. The van der Waals surface area contributed by atoms with Crippen LogP contribution in [0.2, 0.25) is 0 Å². The van der Waals surface area contributed by atoms with Crippen LogP contribution in [0.5, 0.6) is 5.75 Å². The van der Waals surface area contributed by atoms with Crippen molar-refractivity contribution in [1.29, 1.82) is 0 Å². The molecule has 0 bridgehead atoms. The number of halogens is 2. The zero-order chi connectivity index (χ0) is 12.6. The van der Waals surface area contributed by atoms with E-state index in [0.29, 0.717) is 0 Å². The maximum absolute atomic E-state index is 13.6. The lowest BCUT2D eigenvalue weighted by Crippen LogP contribution is -2.03. The molecule has 0 fully saturated rings. The first kappa shape index (κ1) is 11.4. The fraction of sp³-hybridized carbons (Fsp3) is 0.182. The van der Waals surface area contributed by atoms with Crippen LogP contribution in [0.25, 0.3) is 10.9 Å². The summed E-state index contributed by atoms with van der Waals surface area (Å²) in [7, 11) is 2.43. The van der Waals surface area contributed by atoms with E-state index in [1.165, 1.54) is 25.3 Å². The van der Waals surface area contributed by atoms with Crippen molar-refractivity contribution in [2.24, 2.45) is 0 Å². The van der Waals surface area contributed by atoms with Gasteiger partial charge in [-0.2, -0.15) is 4.39 Å². The van der Waals surface area contributed by atoms with Gasteiger partial charge in [0.1, 0.15) is 16.8 Å². The van der Waals surface area contributed by atoms with Gasteiger partial charge in [0.2, 0.25) is 5.95 Å². The molecule has 0 spiro atoms. The highest BCUT2D eigenvalue weighted by Crippen LogP contribution is 2.32. The minimum Gasteiger partial charge on any atom is -0.494 e. The van der Waals surface area contributed by atoms with Crippen molar-refractivity contribution in [1.82, 2.24) is 4.79 Å². The second-order valence-electron chi connectivity index (χ2n) is 3.29. The second kappa shape index (κ2) is 4.04. The SMILES string of the molecule is COC(=O)c1c(F)n(F)c2c(OC)cccc12. The van der Waals surface area contributed by atoms with Gasteiger partial charge >= 0.3 is 5.97 Å². The molecule has 0 atom stereocenters. The van der Waals surface area contributed by atoms with Crippen LogP contribution in [0.3, 0.4) is 0 Å². The Balaban J connectivity index is 2.87. The molecule has 0 amide bonds. The Morgan fingerprint density at radius 2 is 2.06 bits per heavy atom. The highest BCUT2D eigenvalue weighted by Gasteiger charge is 2.25. The van der Waals surface area contributed by atoms with Crippen LogP contribution in [0.15, 0.2) is 18.2 Å². The first-order chi connectivity index (χ1) is 8.11. The van der Waals surface area contributed by atoms with Crippen molar-refractivity contribution in [2.45, 2.75) is 0 Å². The molecule has 0 saturated carbocycles. The second-order valence-corrected chi connectivity index (χ2v) is 3.29. The summed E-state index contributed by atoms with van der Waals surface area (Å²) in [6.45, 7) is 0. The molecule has 1 aromatic heterocycles. The third-order valence-electron chi connectivity index (χ3n) is 2.45. The van der Waals surface area contributed by atoms with Gasteiger partial charge in [-0.05, 0) is 6.07 Å². The molecule has 0 aliphatic heterocycles. The molecule has 6 heteroatoms. The quantitative estimate of drug-likeness (QED) is 0.757. The van der Waals surface area contributed by atoms with Gasteiger partial charge in [-0.25, -0.2) is 4.79 Å². The van der Waals surface area contributed by atoms with Crippen molar-refractivity contribution in [2.75, 3.05) is 14.2 Å². The lowest BCUT2D eigenvalue weighted by Gasteiger charge is -2.01. The number of methoxy groups -OCH3 is 2. The molecule has 2 aromatic rings. The van der Waals surface area contributed by atoms with E-state index in [2.05, 4.69) is 4.74 Å². The van der Waals surface area contributed by atoms with E-state index in [-0.39, 0.29) is 21.4 Å². The number of para-hydroxylation sites is 1. The van der Waals surface area contributed by atoms with Crippen molar-refractivity contribution in [3.63, 3.8) is 0 Å². The van der Waals surface area contributed by atoms with E-state index < -0.39 is 17.5 Å². The molecule has 90 valence electrons. The predicted octanol–water partition coefficient (Wildman–Crippen LogP) is 2.31. The average molecular weight is 241 g/mol. The molecule has 17 heavy (non-hydrogen) atoms. The Bertz CT molecular complexity index is 592. The fourth-order valence-corrected chi connectivity index (χ4v) is 1.69. The topological polar surface area (TPSA) is 40.5 Å². The molecule has 0 N–H and O–H groups in total. The summed E-state index contributed by atoms with van der Waals surface area (Å²) in [5.41, 5.74) is -0.572. The van der Waals surface area contributed by atoms with Gasteiger partial charge in [-0.3, -0.25) is 0 Å². The third-order valence-corrected chi connectivity index (χ3v) is 2.45. The van der Waals surface area contributed by atoms with Gasteiger partial charge < -0.3 is 9.47 Å². The molecular formula is C11H9F2NO3. The first-order valence-corrected chi connectivity index (χ1v) is 4.73. The lowest BCUT2D eigenvalue weighted by molar-refractivity contribution is 0.0594. The van der Waals surface area contributed by atoms with Gasteiger partial charge in [0, 0.05) is 5.39 Å². The first-order valence-electron chi connectivity index (χ1n) is 4.73. The zero-order valence-electron chi connectivity index (χ0n) is 9.16. The van der Waals surface area contributed by atoms with E-state index in [1.807, 2.05) is 0 Å². The van der Waals surface area contributed by atoms with E-state index in [1.54, 1.807) is 0 Å². The summed E-state index contributed by atoms with van der Waals surface area (Å²) in [4.78, 5) is 11.2. The number of rotatable bonds is 2. The number of ether oxygens (including phenoxy) is 2. The number of fused-ring (bicyclic) bond motifs is 1. The van der Waals surface area contributed by atoms with Crippen LogP contribution in [-0.4, -0.2) is 25.0 Å². The normalized spacial score (nSPS) is 10.6. The Kier molecular flexibility index (Phi) is 2.71. The molecule has 1 heterocycles. The van der Waals surface area contributed by atoms with Gasteiger partial charge in [-0.15, -0.1) is 4.79 Å². The largest absolute Gasteiger partial charge is 0.494 e. The maximum atomic E-state index is 13.6. The molecule has 0 radical (unpaired) electrons. The van der Waals surface area contributed by atoms with E-state index in [9.17, 15) is 13.7 Å². The minimum atomic E-state index is -1.30. The van der Waals surface area contributed by atoms with Crippen LogP contribution < -0.4 is 4.74 Å². The van der Waals surface area contributed by atoms with Gasteiger partial charge in [0.25, 0.3) is 0 Å². The molecule has 0 aliphatic rings. The maximum Gasteiger partial charge on any atom is 0.343 e. The van der Waals surface area contributed by atoms with Crippen molar-refractivity contribution in [3.05, 3.63) is 29.7 Å². The fourth-order valence-electron chi connectivity index (χ4n) is 1.69. The molecule has 0 unspecified atom stereocenters. The van der Waals surface area contributed by atoms with Crippen LogP contribution in [0, 0.1) is 5.95 Å². The Hall–Kier alpha value is -2.11. The van der Waals surface area contributed by atoms with Gasteiger partial charge in [-0.1, -0.05) is 16.6 Å². The van der Waals surface area contributed by atoms with Crippen LogP contribution >= 0.6 is 0 Å². The number of benzene rings is 1.